The van der Waals surface area contributed by atoms with E-state index >= 15 is 0 Å². The molecule has 0 aliphatic carbocycles. The molecule has 3 nitrogen and oxygen atoms in total. The number of rotatable bonds is 3. The SMILES string of the molecule is COc1nc(Cl)ccc1C[C@@H](C)N. The number of nitrogens with zero attached hydrogens (tertiary/aromatic N) is 1. The smallest absolute Gasteiger partial charge is 0.217 e. The number of hydrogen-bond donors (Lipinski definition) is 1. The van der Waals surface area contributed by atoms with Crippen molar-refractivity contribution in [2.24, 2.45) is 5.73 Å². The molecule has 4 heteroatoms. The van der Waals surface area contributed by atoms with E-state index in [1.165, 1.54) is 0 Å². The van der Waals surface area contributed by atoms with Gasteiger partial charge in [-0.05, 0) is 19.4 Å². The molecule has 0 saturated heterocycles. The van der Waals surface area contributed by atoms with Gasteiger partial charge in [-0.25, -0.2) is 4.98 Å². The van der Waals surface area contributed by atoms with Gasteiger partial charge < -0.3 is 10.5 Å². The van der Waals surface area contributed by atoms with Gasteiger partial charge in [-0.3, -0.25) is 0 Å². The molecule has 0 aliphatic heterocycles. The van der Waals surface area contributed by atoms with Crippen LogP contribution in [0.25, 0.3) is 0 Å². The van der Waals surface area contributed by atoms with Crippen molar-refractivity contribution in [1.29, 1.82) is 0 Å². The van der Waals surface area contributed by atoms with Crippen LogP contribution in [0.15, 0.2) is 12.1 Å². The lowest BCUT2D eigenvalue weighted by atomic mass is 10.1. The minimum Gasteiger partial charge on any atom is -0.481 e. The first-order valence-electron chi connectivity index (χ1n) is 4.08. The van der Waals surface area contributed by atoms with Crippen LogP contribution in [0.4, 0.5) is 0 Å². The van der Waals surface area contributed by atoms with E-state index in [0.717, 1.165) is 12.0 Å². The first-order chi connectivity index (χ1) is 6.13. The zero-order valence-corrected chi connectivity index (χ0v) is 8.51. The van der Waals surface area contributed by atoms with E-state index in [0.29, 0.717) is 11.0 Å². The van der Waals surface area contributed by atoms with Crippen LogP contribution in [0.1, 0.15) is 12.5 Å². The van der Waals surface area contributed by atoms with Gasteiger partial charge in [-0.1, -0.05) is 17.7 Å². The number of nitrogens with two attached hydrogens (primary N) is 1. The van der Waals surface area contributed by atoms with Gasteiger partial charge in [0, 0.05) is 11.6 Å². The van der Waals surface area contributed by atoms with Crippen LogP contribution < -0.4 is 10.5 Å². The van der Waals surface area contributed by atoms with Crippen LogP contribution in [0.2, 0.25) is 5.15 Å². The molecule has 13 heavy (non-hydrogen) atoms. The summed E-state index contributed by atoms with van der Waals surface area (Å²) in [4.78, 5) is 4.03. The van der Waals surface area contributed by atoms with Crippen molar-refractivity contribution in [2.75, 3.05) is 7.11 Å². The van der Waals surface area contributed by atoms with Crippen LogP contribution >= 0.6 is 11.6 Å². The van der Waals surface area contributed by atoms with Crippen LogP contribution in [0.3, 0.4) is 0 Å². The summed E-state index contributed by atoms with van der Waals surface area (Å²) in [6.07, 6.45) is 0.743. The summed E-state index contributed by atoms with van der Waals surface area (Å²) in [5.74, 6) is 0.560. The molecule has 1 atom stereocenters. The average molecular weight is 201 g/mol. The lowest BCUT2D eigenvalue weighted by Gasteiger charge is -2.09. The quantitative estimate of drug-likeness (QED) is 0.755. The van der Waals surface area contributed by atoms with Crippen molar-refractivity contribution in [3.63, 3.8) is 0 Å². The molecule has 0 saturated carbocycles. The van der Waals surface area contributed by atoms with Crippen LogP contribution in [0, 0.1) is 0 Å². The number of methoxy groups -OCH3 is 1. The Kier molecular flexibility index (Phi) is 3.51. The second-order valence-corrected chi connectivity index (χ2v) is 3.37. The largest absolute Gasteiger partial charge is 0.481 e. The molecule has 72 valence electrons. The minimum absolute atomic E-state index is 0.0943. The Labute approximate surface area is 82.9 Å². The molecule has 0 bridgehead atoms. The van der Waals surface area contributed by atoms with Crippen molar-refractivity contribution in [3.05, 3.63) is 22.8 Å². The second kappa shape index (κ2) is 4.44. The lowest BCUT2D eigenvalue weighted by molar-refractivity contribution is 0.391. The third-order valence-corrected chi connectivity index (χ3v) is 1.85. The minimum atomic E-state index is 0.0943. The summed E-state index contributed by atoms with van der Waals surface area (Å²) < 4.78 is 5.08. The Balaban J connectivity index is 2.92. The molecule has 0 aliphatic rings. The van der Waals surface area contributed by atoms with E-state index in [1.807, 2.05) is 13.0 Å². The zero-order valence-electron chi connectivity index (χ0n) is 7.75. The number of pyridine rings is 1. The highest BCUT2D eigenvalue weighted by atomic mass is 35.5. The molecule has 2 N–H and O–H groups in total. The van der Waals surface area contributed by atoms with E-state index < -0.39 is 0 Å². The maximum atomic E-state index is 5.71. The highest BCUT2D eigenvalue weighted by Crippen LogP contribution is 2.19. The van der Waals surface area contributed by atoms with E-state index in [9.17, 15) is 0 Å². The first kappa shape index (κ1) is 10.3. The Hall–Kier alpha value is -0.800. The van der Waals surface area contributed by atoms with Gasteiger partial charge in [0.1, 0.15) is 5.15 Å². The van der Waals surface area contributed by atoms with E-state index in [1.54, 1.807) is 13.2 Å². The van der Waals surface area contributed by atoms with Gasteiger partial charge in [0.2, 0.25) is 5.88 Å². The normalized spacial score (nSPS) is 12.6. The standard InChI is InChI=1S/C9H13ClN2O/c1-6(11)5-7-3-4-8(10)12-9(7)13-2/h3-4,6H,5,11H2,1-2H3/t6-/m1/s1. The molecule has 0 spiro atoms. The van der Waals surface area contributed by atoms with E-state index in [4.69, 9.17) is 22.1 Å². The third kappa shape index (κ3) is 2.86. The molecule has 0 aromatic carbocycles. The van der Waals surface area contributed by atoms with Crippen molar-refractivity contribution < 1.29 is 4.74 Å². The van der Waals surface area contributed by atoms with Gasteiger partial charge in [0.15, 0.2) is 0 Å². The highest BCUT2D eigenvalue weighted by Gasteiger charge is 2.06. The fourth-order valence-corrected chi connectivity index (χ4v) is 1.27. The monoisotopic (exact) mass is 200 g/mol. The summed E-state index contributed by atoms with van der Waals surface area (Å²) in [7, 11) is 1.57. The predicted octanol–water partition coefficient (Wildman–Crippen LogP) is 1.63. The van der Waals surface area contributed by atoms with Crippen LogP contribution in [-0.4, -0.2) is 18.1 Å². The fourth-order valence-electron chi connectivity index (χ4n) is 1.13. The summed E-state index contributed by atoms with van der Waals surface area (Å²) >= 11 is 5.71. The number of ether oxygens (including phenoxy) is 1. The first-order valence-corrected chi connectivity index (χ1v) is 4.46. The lowest BCUT2D eigenvalue weighted by Crippen LogP contribution is -2.18. The number of aromatic nitrogens is 1. The molecule has 0 unspecified atom stereocenters. The average Bonchev–Trinajstić information content (AvgIpc) is 2.07. The van der Waals surface area contributed by atoms with Gasteiger partial charge in [0.05, 0.1) is 7.11 Å². The van der Waals surface area contributed by atoms with E-state index in [-0.39, 0.29) is 6.04 Å². The van der Waals surface area contributed by atoms with E-state index in [2.05, 4.69) is 4.98 Å². The molecule has 0 amide bonds. The fraction of sp³-hybridized carbons (Fsp3) is 0.444. The number of halogens is 1. The third-order valence-electron chi connectivity index (χ3n) is 1.64. The van der Waals surface area contributed by atoms with Crippen molar-refractivity contribution in [3.8, 4) is 5.88 Å². The number of hydrogen-bond acceptors (Lipinski definition) is 3. The van der Waals surface area contributed by atoms with Crippen molar-refractivity contribution in [1.82, 2.24) is 4.98 Å². The molecule has 1 aromatic heterocycles. The molecule has 1 rings (SSSR count). The van der Waals surface area contributed by atoms with Gasteiger partial charge in [0.25, 0.3) is 0 Å². The Morgan fingerprint density at radius 1 is 1.62 bits per heavy atom. The van der Waals surface area contributed by atoms with Crippen molar-refractivity contribution >= 4 is 11.6 Å². The van der Waals surface area contributed by atoms with Crippen molar-refractivity contribution in [2.45, 2.75) is 19.4 Å². The maximum Gasteiger partial charge on any atom is 0.217 e. The summed E-state index contributed by atoms with van der Waals surface area (Å²) in [5, 5.41) is 0.435. The molecule has 0 fully saturated rings. The molecule has 1 aromatic rings. The topological polar surface area (TPSA) is 48.1 Å². The van der Waals surface area contributed by atoms with Gasteiger partial charge in [-0.15, -0.1) is 0 Å². The Bertz CT molecular complexity index is 289. The molecular formula is C9H13ClN2O. The molecule has 1 heterocycles. The summed E-state index contributed by atoms with van der Waals surface area (Å²) in [6, 6.07) is 3.72. The van der Waals surface area contributed by atoms with Crippen LogP contribution in [0.5, 0.6) is 5.88 Å². The zero-order chi connectivity index (χ0) is 9.84. The predicted molar refractivity (Wildman–Crippen MR) is 53.2 cm³/mol. The Morgan fingerprint density at radius 3 is 2.85 bits per heavy atom. The molecule has 0 radical (unpaired) electrons. The maximum absolute atomic E-state index is 5.71. The van der Waals surface area contributed by atoms with Gasteiger partial charge in [-0.2, -0.15) is 0 Å². The summed E-state index contributed by atoms with van der Waals surface area (Å²) in [6.45, 7) is 1.94. The van der Waals surface area contributed by atoms with Gasteiger partial charge >= 0.3 is 0 Å². The molecular weight excluding hydrogens is 188 g/mol. The second-order valence-electron chi connectivity index (χ2n) is 2.98. The van der Waals surface area contributed by atoms with Crippen LogP contribution in [-0.2, 0) is 6.42 Å². The highest BCUT2D eigenvalue weighted by molar-refractivity contribution is 6.29. The Morgan fingerprint density at radius 2 is 2.31 bits per heavy atom. The summed E-state index contributed by atoms with van der Waals surface area (Å²) in [5.41, 5.74) is 6.66.